The van der Waals surface area contributed by atoms with Crippen molar-refractivity contribution in [1.82, 2.24) is 9.80 Å². The van der Waals surface area contributed by atoms with Crippen LogP contribution in [0.15, 0.2) is 18.2 Å². The van der Waals surface area contributed by atoms with Crippen LogP contribution in [0.3, 0.4) is 0 Å². The number of nitrogens with zero attached hydrogens (tertiary/aromatic N) is 2. The van der Waals surface area contributed by atoms with E-state index in [4.69, 9.17) is 0 Å². The Morgan fingerprint density at radius 1 is 1.20 bits per heavy atom. The van der Waals surface area contributed by atoms with Crippen LogP contribution in [0.5, 0.6) is 0 Å². The first-order chi connectivity index (χ1) is 11.7. The van der Waals surface area contributed by atoms with Gasteiger partial charge < -0.3 is 4.90 Å². The van der Waals surface area contributed by atoms with Crippen LogP contribution >= 0.6 is 0 Å². The van der Waals surface area contributed by atoms with Gasteiger partial charge in [-0.3, -0.25) is 4.90 Å². The highest BCUT2D eigenvalue weighted by Gasteiger charge is 2.39. The van der Waals surface area contributed by atoms with Crippen molar-refractivity contribution in [3.8, 4) is 0 Å². The summed E-state index contributed by atoms with van der Waals surface area (Å²) in [6, 6.07) is 3.34. The summed E-state index contributed by atoms with van der Waals surface area (Å²) in [5.41, 5.74) is -0.673. The van der Waals surface area contributed by atoms with Crippen molar-refractivity contribution in [1.29, 1.82) is 0 Å². The molecule has 4 rings (SSSR count). The summed E-state index contributed by atoms with van der Waals surface area (Å²) in [6.07, 6.45) is -2.29. The van der Waals surface area contributed by atoms with Crippen LogP contribution in [0, 0.1) is 17.7 Å². The van der Waals surface area contributed by atoms with Crippen LogP contribution in [0.4, 0.5) is 17.6 Å². The van der Waals surface area contributed by atoms with Crippen LogP contribution in [-0.4, -0.2) is 42.0 Å². The van der Waals surface area contributed by atoms with Gasteiger partial charge in [0.25, 0.3) is 0 Å². The SMILES string of the molecule is CC(C)CN(Cc1ccc(F)cc1C(F)(F)F)C1CN2CCC1CC2. The molecule has 2 bridgehead atoms. The monoisotopic (exact) mass is 358 g/mol. The van der Waals surface area contributed by atoms with E-state index in [2.05, 4.69) is 23.6 Å². The fourth-order valence-corrected chi connectivity index (χ4v) is 4.30. The molecule has 0 saturated carbocycles. The first-order valence-corrected chi connectivity index (χ1v) is 9.06. The molecule has 0 aromatic heterocycles. The molecule has 0 N–H and O–H groups in total. The van der Waals surface area contributed by atoms with Gasteiger partial charge in [-0.25, -0.2) is 4.39 Å². The summed E-state index contributed by atoms with van der Waals surface area (Å²) in [5.74, 6) is 0.0816. The normalized spacial score (nSPS) is 26.6. The number of hydrogen-bond donors (Lipinski definition) is 0. The molecule has 0 amide bonds. The van der Waals surface area contributed by atoms with Crippen LogP contribution in [0.25, 0.3) is 0 Å². The molecule has 25 heavy (non-hydrogen) atoms. The van der Waals surface area contributed by atoms with E-state index >= 15 is 0 Å². The van der Waals surface area contributed by atoms with E-state index in [0.717, 1.165) is 45.1 Å². The average Bonchev–Trinajstić information content (AvgIpc) is 2.55. The van der Waals surface area contributed by atoms with Crippen molar-refractivity contribution >= 4 is 0 Å². The second kappa shape index (κ2) is 7.23. The highest BCUT2D eigenvalue weighted by Crippen LogP contribution is 2.36. The third-order valence-corrected chi connectivity index (χ3v) is 5.44. The zero-order valence-electron chi connectivity index (χ0n) is 14.8. The van der Waals surface area contributed by atoms with E-state index < -0.39 is 17.6 Å². The number of hydrogen-bond acceptors (Lipinski definition) is 2. The highest BCUT2D eigenvalue weighted by molar-refractivity contribution is 5.30. The zero-order chi connectivity index (χ0) is 18.2. The lowest BCUT2D eigenvalue weighted by molar-refractivity contribution is -0.138. The average molecular weight is 358 g/mol. The second-order valence-electron chi connectivity index (χ2n) is 7.83. The maximum absolute atomic E-state index is 13.4. The van der Waals surface area contributed by atoms with E-state index in [1.807, 2.05) is 0 Å². The molecule has 2 nitrogen and oxygen atoms in total. The minimum Gasteiger partial charge on any atom is -0.302 e. The zero-order valence-corrected chi connectivity index (χ0v) is 14.8. The molecule has 1 aromatic rings. The van der Waals surface area contributed by atoms with Gasteiger partial charge in [-0.1, -0.05) is 19.9 Å². The summed E-state index contributed by atoms with van der Waals surface area (Å²) < 4.78 is 53.4. The van der Waals surface area contributed by atoms with Gasteiger partial charge in [0, 0.05) is 25.7 Å². The third kappa shape index (κ3) is 4.34. The molecule has 3 fully saturated rings. The standard InChI is InChI=1S/C19H26F4N2/c1-13(2)10-25(18-12-24-7-5-14(18)6-8-24)11-15-3-4-16(20)9-17(15)19(21,22)23/h3-4,9,13-14,18H,5-8,10-12H2,1-2H3. The molecule has 3 saturated heterocycles. The van der Waals surface area contributed by atoms with Gasteiger partial charge in [-0.15, -0.1) is 0 Å². The number of halogens is 4. The Balaban J connectivity index is 1.86. The smallest absolute Gasteiger partial charge is 0.302 e. The molecule has 1 aromatic carbocycles. The van der Waals surface area contributed by atoms with Crippen molar-refractivity contribution in [2.45, 2.75) is 45.5 Å². The van der Waals surface area contributed by atoms with Gasteiger partial charge in [-0.05, 0) is 55.5 Å². The van der Waals surface area contributed by atoms with Crippen LogP contribution in [0.1, 0.15) is 37.8 Å². The summed E-state index contributed by atoms with van der Waals surface area (Å²) in [6.45, 7) is 8.28. The van der Waals surface area contributed by atoms with Crippen molar-refractivity contribution < 1.29 is 17.6 Å². The molecule has 3 heterocycles. The fourth-order valence-electron chi connectivity index (χ4n) is 4.30. The number of fused-ring (bicyclic) bond motifs is 3. The largest absolute Gasteiger partial charge is 0.416 e. The molecule has 1 atom stereocenters. The molecule has 140 valence electrons. The van der Waals surface area contributed by atoms with E-state index in [1.165, 1.54) is 6.07 Å². The van der Waals surface area contributed by atoms with Crippen LogP contribution < -0.4 is 0 Å². The van der Waals surface area contributed by atoms with Crippen molar-refractivity contribution in [2.75, 3.05) is 26.2 Å². The Hall–Kier alpha value is -1.14. The second-order valence-corrected chi connectivity index (χ2v) is 7.83. The minimum absolute atomic E-state index is 0.172. The summed E-state index contributed by atoms with van der Waals surface area (Å²) in [5, 5.41) is 0. The molecule has 1 unspecified atom stereocenters. The Bertz CT molecular complexity index is 592. The lowest BCUT2D eigenvalue weighted by Crippen LogP contribution is -2.57. The van der Waals surface area contributed by atoms with Crippen molar-refractivity contribution in [3.63, 3.8) is 0 Å². The Morgan fingerprint density at radius 3 is 2.40 bits per heavy atom. The van der Waals surface area contributed by atoms with Crippen molar-refractivity contribution in [3.05, 3.63) is 35.1 Å². The predicted molar refractivity (Wildman–Crippen MR) is 89.6 cm³/mol. The molecule has 0 spiro atoms. The van der Waals surface area contributed by atoms with E-state index in [1.54, 1.807) is 0 Å². The van der Waals surface area contributed by atoms with Crippen LogP contribution in [-0.2, 0) is 12.7 Å². The number of piperidine rings is 3. The quantitative estimate of drug-likeness (QED) is 0.720. The van der Waals surface area contributed by atoms with Crippen LogP contribution in [0.2, 0.25) is 0 Å². The number of rotatable bonds is 5. The number of alkyl halides is 3. The van der Waals surface area contributed by atoms with Gasteiger partial charge in [0.15, 0.2) is 0 Å². The first kappa shape index (κ1) is 18.6. The minimum atomic E-state index is -4.53. The third-order valence-electron chi connectivity index (χ3n) is 5.44. The van der Waals surface area contributed by atoms with Gasteiger partial charge in [0.1, 0.15) is 5.82 Å². The lowest BCUT2D eigenvalue weighted by atomic mass is 9.82. The maximum Gasteiger partial charge on any atom is 0.416 e. The predicted octanol–water partition coefficient (Wildman–Crippen LogP) is 4.40. The van der Waals surface area contributed by atoms with Gasteiger partial charge in [0.05, 0.1) is 5.56 Å². The molecule has 0 radical (unpaired) electrons. The highest BCUT2D eigenvalue weighted by atomic mass is 19.4. The molecule has 3 aliphatic heterocycles. The Morgan fingerprint density at radius 2 is 1.88 bits per heavy atom. The molecule has 0 aliphatic carbocycles. The molecular weight excluding hydrogens is 332 g/mol. The summed E-state index contributed by atoms with van der Waals surface area (Å²) in [4.78, 5) is 4.61. The fraction of sp³-hybridized carbons (Fsp3) is 0.684. The summed E-state index contributed by atoms with van der Waals surface area (Å²) >= 11 is 0. The molecular formula is C19H26F4N2. The molecule has 3 aliphatic rings. The molecule has 6 heteroatoms. The first-order valence-electron chi connectivity index (χ1n) is 9.06. The van der Waals surface area contributed by atoms with E-state index in [0.29, 0.717) is 17.9 Å². The van der Waals surface area contributed by atoms with E-state index in [-0.39, 0.29) is 18.2 Å². The summed E-state index contributed by atoms with van der Waals surface area (Å²) in [7, 11) is 0. The van der Waals surface area contributed by atoms with Gasteiger partial charge in [0.2, 0.25) is 0 Å². The lowest BCUT2D eigenvalue weighted by Gasteiger charge is -2.49. The van der Waals surface area contributed by atoms with Crippen molar-refractivity contribution in [2.24, 2.45) is 11.8 Å². The Labute approximate surface area is 146 Å². The topological polar surface area (TPSA) is 6.48 Å². The van der Waals surface area contributed by atoms with Gasteiger partial charge >= 0.3 is 6.18 Å². The van der Waals surface area contributed by atoms with E-state index in [9.17, 15) is 17.6 Å². The van der Waals surface area contributed by atoms with Gasteiger partial charge in [-0.2, -0.15) is 13.2 Å². The number of benzene rings is 1. The Kier molecular flexibility index (Phi) is 5.40. The maximum atomic E-state index is 13.4.